The lowest BCUT2D eigenvalue weighted by Gasteiger charge is -2.06. The number of carbonyl (C=O) groups excluding carboxylic acids is 1. The maximum atomic E-state index is 13.4. The Kier molecular flexibility index (Phi) is 6.40. The summed E-state index contributed by atoms with van der Waals surface area (Å²) in [5.74, 6) is -2.50. The van der Waals surface area contributed by atoms with Crippen LogP contribution in [-0.2, 0) is 22.4 Å². The number of alkyl halides is 3. The number of nitrogens with one attached hydrogen (secondary N) is 1. The molecule has 3 aromatic rings. The maximum absolute atomic E-state index is 13.4. The van der Waals surface area contributed by atoms with Gasteiger partial charge in [-0.1, -0.05) is 17.3 Å². The zero-order valence-corrected chi connectivity index (χ0v) is 15.7. The Morgan fingerprint density at radius 1 is 1.17 bits per heavy atom. The number of benzene rings is 2. The monoisotopic (exact) mass is 441 g/mol. The van der Waals surface area contributed by atoms with Crippen molar-refractivity contribution in [3.8, 4) is 10.6 Å². The minimum absolute atomic E-state index is 0.0914. The van der Waals surface area contributed by atoms with E-state index in [1.54, 1.807) is 5.38 Å². The van der Waals surface area contributed by atoms with Gasteiger partial charge in [0.15, 0.2) is 6.61 Å². The molecule has 30 heavy (non-hydrogen) atoms. The van der Waals surface area contributed by atoms with Crippen LogP contribution in [0, 0.1) is 11.6 Å². The molecule has 1 aromatic heterocycles. The molecule has 0 bridgehead atoms. The van der Waals surface area contributed by atoms with Crippen molar-refractivity contribution in [3.63, 3.8) is 0 Å². The smallest absolute Gasteiger partial charge is 0.389 e. The number of rotatable bonds is 6. The highest BCUT2D eigenvalue weighted by molar-refractivity contribution is 7.13. The molecule has 1 amide bonds. The van der Waals surface area contributed by atoms with Crippen molar-refractivity contribution in [2.45, 2.75) is 12.8 Å². The molecule has 2 aromatic carbocycles. The molecule has 0 unspecified atom stereocenters. The number of hydrogen-bond acceptors (Lipinski definition) is 5. The average molecular weight is 441 g/mol. The van der Waals surface area contributed by atoms with Gasteiger partial charge in [0.25, 0.3) is 5.91 Å². The summed E-state index contributed by atoms with van der Waals surface area (Å²) in [5.41, 5.74) is 0.00789. The van der Waals surface area contributed by atoms with E-state index in [1.807, 2.05) is 0 Å². The number of halogens is 5. The molecule has 0 fully saturated rings. The van der Waals surface area contributed by atoms with Gasteiger partial charge in [-0.3, -0.25) is 4.79 Å². The largest absolute Gasteiger partial charge is 0.416 e. The first kappa shape index (κ1) is 21.4. The molecular formula is C19H12F5N3O2S. The number of aromatic nitrogens is 1. The number of anilines is 1. The van der Waals surface area contributed by atoms with Gasteiger partial charge < -0.3 is 10.2 Å². The van der Waals surface area contributed by atoms with E-state index in [0.29, 0.717) is 22.3 Å². The van der Waals surface area contributed by atoms with Crippen LogP contribution in [0.5, 0.6) is 0 Å². The minimum Gasteiger partial charge on any atom is -0.389 e. The summed E-state index contributed by atoms with van der Waals surface area (Å²) in [6.07, 6.45) is -3.64. The summed E-state index contributed by atoms with van der Waals surface area (Å²) >= 11 is 1.21. The summed E-state index contributed by atoms with van der Waals surface area (Å²) in [4.78, 5) is 20.8. The van der Waals surface area contributed by atoms with E-state index >= 15 is 0 Å². The first-order valence-corrected chi connectivity index (χ1v) is 9.14. The summed E-state index contributed by atoms with van der Waals surface area (Å²) in [6.45, 7) is -0.0914. The fourth-order valence-corrected chi connectivity index (χ4v) is 3.06. The SMILES string of the molecule is O=C(/C=N/OCc1csc(-c2ccc(C(F)(F)F)cc2)n1)Nc1ccc(F)cc1F. The molecule has 1 N–H and O–H groups in total. The predicted molar refractivity (Wildman–Crippen MR) is 101 cm³/mol. The van der Waals surface area contributed by atoms with Gasteiger partial charge in [0, 0.05) is 17.0 Å². The van der Waals surface area contributed by atoms with Gasteiger partial charge in [-0.15, -0.1) is 11.3 Å². The van der Waals surface area contributed by atoms with Crippen molar-refractivity contribution < 1.29 is 31.6 Å². The molecule has 0 atom stereocenters. The molecule has 0 spiro atoms. The molecular weight excluding hydrogens is 429 g/mol. The molecule has 0 saturated carbocycles. The summed E-state index contributed by atoms with van der Waals surface area (Å²) in [7, 11) is 0. The minimum atomic E-state index is -4.41. The Labute approximate surface area is 170 Å². The van der Waals surface area contributed by atoms with Crippen LogP contribution in [0.4, 0.5) is 27.6 Å². The van der Waals surface area contributed by atoms with Crippen LogP contribution in [0.2, 0.25) is 0 Å². The lowest BCUT2D eigenvalue weighted by molar-refractivity contribution is -0.137. The molecule has 1 heterocycles. The van der Waals surface area contributed by atoms with Crippen molar-refractivity contribution in [2.24, 2.45) is 5.16 Å². The molecule has 156 valence electrons. The van der Waals surface area contributed by atoms with Crippen molar-refractivity contribution in [1.82, 2.24) is 4.98 Å². The number of hydrogen-bond donors (Lipinski definition) is 1. The lowest BCUT2D eigenvalue weighted by Crippen LogP contribution is -2.14. The van der Waals surface area contributed by atoms with Crippen molar-refractivity contribution >= 4 is 29.1 Å². The highest BCUT2D eigenvalue weighted by Gasteiger charge is 2.30. The second-order valence-electron chi connectivity index (χ2n) is 5.84. The fraction of sp³-hybridized carbons (Fsp3) is 0.105. The van der Waals surface area contributed by atoms with Crippen LogP contribution in [0.15, 0.2) is 53.0 Å². The van der Waals surface area contributed by atoms with Gasteiger partial charge in [0.2, 0.25) is 0 Å². The third-order valence-electron chi connectivity index (χ3n) is 3.66. The molecule has 0 saturated heterocycles. The van der Waals surface area contributed by atoms with Crippen LogP contribution >= 0.6 is 11.3 Å². The zero-order chi connectivity index (χ0) is 21.7. The third-order valence-corrected chi connectivity index (χ3v) is 4.60. The van der Waals surface area contributed by atoms with Crippen LogP contribution in [-0.4, -0.2) is 17.1 Å². The van der Waals surface area contributed by atoms with E-state index in [4.69, 9.17) is 4.84 Å². The summed E-state index contributed by atoms with van der Waals surface area (Å²) in [6, 6.07) is 7.27. The molecule has 3 rings (SSSR count). The highest BCUT2D eigenvalue weighted by atomic mass is 32.1. The Morgan fingerprint density at radius 2 is 1.90 bits per heavy atom. The van der Waals surface area contributed by atoms with Crippen LogP contribution in [0.25, 0.3) is 10.6 Å². The first-order valence-electron chi connectivity index (χ1n) is 8.26. The Balaban J connectivity index is 1.52. The second kappa shape index (κ2) is 8.99. The third kappa shape index (κ3) is 5.60. The van der Waals surface area contributed by atoms with Crippen LogP contribution in [0.3, 0.4) is 0 Å². The topological polar surface area (TPSA) is 63.6 Å². The molecule has 0 aliphatic rings. The van der Waals surface area contributed by atoms with Crippen molar-refractivity contribution in [1.29, 1.82) is 0 Å². The Morgan fingerprint density at radius 3 is 2.57 bits per heavy atom. The normalized spacial score (nSPS) is 11.6. The number of oxime groups is 1. The number of carbonyl (C=O) groups is 1. The van der Waals surface area contributed by atoms with Gasteiger partial charge in [-0.05, 0) is 24.3 Å². The van der Waals surface area contributed by atoms with E-state index in [2.05, 4.69) is 15.5 Å². The number of amides is 1. The van der Waals surface area contributed by atoms with E-state index < -0.39 is 29.3 Å². The second-order valence-corrected chi connectivity index (χ2v) is 6.70. The standard InChI is InChI=1S/C19H12F5N3O2S/c20-13-5-6-16(15(21)7-13)27-17(28)8-25-29-9-14-10-30-18(26-14)11-1-3-12(4-2-11)19(22,23)24/h1-8,10H,9H2,(H,27,28)/b25-8+. The van der Waals surface area contributed by atoms with E-state index in [-0.39, 0.29) is 12.3 Å². The van der Waals surface area contributed by atoms with E-state index in [9.17, 15) is 26.7 Å². The maximum Gasteiger partial charge on any atom is 0.416 e. The van der Waals surface area contributed by atoms with Gasteiger partial charge in [0.05, 0.1) is 16.9 Å². The van der Waals surface area contributed by atoms with Crippen molar-refractivity contribution in [2.75, 3.05) is 5.32 Å². The van der Waals surface area contributed by atoms with E-state index in [1.165, 1.54) is 23.5 Å². The average Bonchev–Trinajstić information content (AvgIpc) is 3.16. The van der Waals surface area contributed by atoms with Gasteiger partial charge >= 0.3 is 6.18 Å². The highest BCUT2D eigenvalue weighted by Crippen LogP contribution is 2.31. The molecule has 0 radical (unpaired) electrons. The zero-order valence-electron chi connectivity index (χ0n) is 14.9. The summed E-state index contributed by atoms with van der Waals surface area (Å²) < 4.78 is 64.1. The molecule has 0 aliphatic heterocycles. The van der Waals surface area contributed by atoms with Gasteiger partial charge in [-0.25, -0.2) is 13.8 Å². The number of thiazole rings is 1. The summed E-state index contributed by atoms with van der Waals surface area (Å²) in [5, 5.41) is 7.74. The molecule has 5 nitrogen and oxygen atoms in total. The quantitative estimate of drug-likeness (QED) is 0.323. The lowest BCUT2D eigenvalue weighted by atomic mass is 10.1. The molecule has 0 aliphatic carbocycles. The Bertz CT molecular complexity index is 1060. The number of nitrogens with zero attached hydrogens (tertiary/aromatic N) is 2. The van der Waals surface area contributed by atoms with Crippen LogP contribution < -0.4 is 5.32 Å². The van der Waals surface area contributed by atoms with Gasteiger partial charge in [0.1, 0.15) is 22.9 Å². The first-order chi connectivity index (χ1) is 14.2. The Hall–Kier alpha value is -3.34. The fourth-order valence-electron chi connectivity index (χ4n) is 2.25. The van der Waals surface area contributed by atoms with E-state index in [0.717, 1.165) is 30.5 Å². The van der Waals surface area contributed by atoms with Gasteiger partial charge in [-0.2, -0.15) is 13.2 Å². The predicted octanol–water partition coefficient (Wildman–Crippen LogP) is 5.25. The van der Waals surface area contributed by atoms with Crippen LogP contribution in [0.1, 0.15) is 11.3 Å². The van der Waals surface area contributed by atoms with Crippen molar-refractivity contribution in [3.05, 3.63) is 70.7 Å². The molecule has 11 heteroatoms.